The van der Waals surface area contributed by atoms with Crippen molar-refractivity contribution in [2.24, 2.45) is 11.0 Å². The lowest BCUT2D eigenvalue weighted by Crippen LogP contribution is -2.34. The quantitative estimate of drug-likeness (QED) is 0.350. The van der Waals surface area contributed by atoms with Crippen molar-refractivity contribution in [3.8, 4) is 0 Å². The Bertz CT molecular complexity index is 167. The topological polar surface area (TPSA) is 69.0 Å². The minimum Gasteiger partial charge on any atom is -0.393 e. The zero-order valence-electron chi connectivity index (χ0n) is 6.64. The van der Waals surface area contributed by atoms with Crippen LogP contribution in [0, 0.1) is 5.92 Å². The third-order valence-corrected chi connectivity index (χ3v) is 2.32. The van der Waals surface area contributed by atoms with Crippen LogP contribution in [0.15, 0.2) is 5.11 Å². The van der Waals surface area contributed by atoms with Crippen LogP contribution in [-0.4, -0.2) is 17.3 Å². The number of nitrogens with zero attached hydrogens (tertiary/aromatic N) is 3. The lowest BCUT2D eigenvalue weighted by molar-refractivity contribution is 0.0819. The van der Waals surface area contributed by atoms with E-state index < -0.39 is 6.10 Å². The second-order valence-electron chi connectivity index (χ2n) is 3.17. The molecule has 0 amide bonds. The van der Waals surface area contributed by atoms with Crippen LogP contribution in [0.2, 0.25) is 0 Å². The summed E-state index contributed by atoms with van der Waals surface area (Å²) in [5, 5.41) is 13.0. The summed E-state index contributed by atoms with van der Waals surface area (Å²) in [6, 6.07) is -0.200. The molecule has 1 saturated carbocycles. The molecule has 0 aliphatic heterocycles. The Morgan fingerprint density at radius 1 is 1.55 bits per heavy atom. The molecule has 4 heteroatoms. The van der Waals surface area contributed by atoms with Gasteiger partial charge in [-0.1, -0.05) is 24.9 Å². The van der Waals surface area contributed by atoms with Crippen molar-refractivity contribution in [2.75, 3.05) is 0 Å². The van der Waals surface area contributed by atoms with E-state index in [1.807, 2.05) is 6.92 Å². The highest BCUT2D eigenvalue weighted by Crippen LogP contribution is 2.26. The fourth-order valence-corrected chi connectivity index (χ4v) is 1.62. The SMILES string of the molecule is C[C@H]1CCC[C@H](O)[C@@H]1N=[N+]=[N-]. The molecule has 3 atom stereocenters. The van der Waals surface area contributed by atoms with Gasteiger partial charge < -0.3 is 5.11 Å². The monoisotopic (exact) mass is 155 g/mol. The lowest BCUT2D eigenvalue weighted by atomic mass is 9.84. The molecule has 62 valence electrons. The second-order valence-corrected chi connectivity index (χ2v) is 3.17. The van der Waals surface area contributed by atoms with Gasteiger partial charge in [0.15, 0.2) is 0 Å². The summed E-state index contributed by atoms with van der Waals surface area (Å²) in [6.45, 7) is 2.02. The first-order chi connectivity index (χ1) is 5.25. The Kier molecular flexibility index (Phi) is 2.74. The number of hydrogen-bond donors (Lipinski definition) is 1. The molecule has 1 fully saturated rings. The summed E-state index contributed by atoms with van der Waals surface area (Å²) >= 11 is 0. The van der Waals surface area contributed by atoms with Crippen molar-refractivity contribution in [2.45, 2.75) is 38.3 Å². The van der Waals surface area contributed by atoms with Gasteiger partial charge in [0.1, 0.15) is 0 Å². The average molecular weight is 155 g/mol. The van der Waals surface area contributed by atoms with Gasteiger partial charge in [-0.3, -0.25) is 0 Å². The van der Waals surface area contributed by atoms with Crippen molar-refractivity contribution >= 4 is 0 Å². The number of aliphatic hydroxyl groups excluding tert-OH is 1. The van der Waals surface area contributed by atoms with Crippen LogP contribution in [0.25, 0.3) is 10.4 Å². The maximum Gasteiger partial charge on any atom is 0.0659 e. The third kappa shape index (κ3) is 1.85. The Hall–Kier alpha value is -0.730. The van der Waals surface area contributed by atoms with E-state index in [0.29, 0.717) is 5.92 Å². The van der Waals surface area contributed by atoms with Crippen molar-refractivity contribution in [3.05, 3.63) is 10.4 Å². The fourth-order valence-electron chi connectivity index (χ4n) is 1.62. The van der Waals surface area contributed by atoms with E-state index in [9.17, 15) is 5.11 Å². The predicted octanol–water partition coefficient (Wildman–Crippen LogP) is 1.85. The van der Waals surface area contributed by atoms with Crippen molar-refractivity contribution < 1.29 is 5.11 Å². The normalized spacial score (nSPS) is 37.8. The first-order valence-electron chi connectivity index (χ1n) is 3.98. The van der Waals surface area contributed by atoms with E-state index in [0.717, 1.165) is 19.3 Å². The maximum absolute atomic E-state index is 9.41. The van der Waals surface area contributed by atoms with Gasteiger partial charge in [0.2, 0.25) is 0 Å². The van der Waals surface area contributed by atoms with Gasteiger partial charge in [-0.15, -0.1) is 0 Å². The van der Waals surface area contributed by atoms with Crippen LogP contribution < -0.4 is 0 Å². The first kappa shape index (κ1) is 8.37. The summed E-state index contributed by atoms with van der Waals surface area (Å²) in [5.41, 5.74) is 8.20. The van der Waals surface area contributed by atoms with Gasteiger partial charge in [-0.2, -0.15) is 0 Å². The Labute approximate surface area is 65.9 Å². The van der Waals surface area contributed by atoms with Crippen LogP contribution in [-0.2, 0) is 0 Å². The van der Waals surface area contributed by atoms with E-state index in [-0.39, 0.29) is 6.04 Å². The average Bonchev–Trinajstić information content (AvgIpc) is 1.97. The molecular weight excluding hydrogens is 142 g/mol. The van der Waals surface area contributed by atoms with Crippen molar-refractivity contribution in [1.82, 2.24) is 0 Å². The van der Waals surface area contributed by atoms with Crippen LogP contribution in [0.3, 0.4) is 0 Å². The first-order valence-corrected chi connectivity index (χ1v) is 3.98. The lowest BCUT2D eigenvalue weighted by Gasteiger charge is -2.29. The molecule has 11 heavy (non-hydrogen) atoms. The molecule has 0 unspecified atom stereocenters. The molecule has 0 aromatic heterocycles. The summed E-state index contributed by atoms with van der Waals surface area (Å²) < 4.78 is 0. The van der Waals surface area contributed by atoms with Crippen LogP contribution in [0.4, 0.5) is 0 Å². The molecule has 0 bridgehead atoms. The molecule has 1 N–H and O–H groups in total. The molecule has 0 spiro atoms. The zero-order valence-corrected chi connectivity index (χ0v) is 6.64. The van der Waals surface area contributed by atoms with Gasteiger partial charge in [-0.25, -0.2) is 0 Å². The van der Waals surface area contributed by atoms with Crippen LogP contribution in [0.1, 0.15) is 26.2 Å². The summed E-state index contributed by atoms with van der Waals surface area (Å²) in [4.78, 5) is 2.73. The molecule has 0 saturated heterocycles. The number of rotatable bonds is 1. The van der Waals surface area contributed by atoms with E-state index in [1.54, 1.807) is 0 Å². The summed E-state index contributed by atoms with van der Waals surface area (Å²) in [6.07, 6.45) is 2.45. The van der Waals surface area contributed by atoms with Gasteiger partial charge in [0.25, 0.3) is 0 Å². The molecule has 1 aliphatic carbocycles. The third-order valence-electron chi connectivity index (χ3n) is 2.32. The van der Waals surface area contributed by atoms with Gasteiger partial charge in [0, 0.05) is 4.91 Å². The van der Waals surface area contributed by atoms with Gasteiger partial charge in [-0.05, 0) is 17.9 Å². The number of azide groups is 1. The molecular formula is C7H13N3O. The number of aliphatic hydroxyl groups is 1. The smallest absolute Gasteiger partial charge is 0.0659 e. The standard InChI is InChI=1S/C7H13N3O/c1-5-3-2-4-6(11)7(5)9-10-8/h5-7,11H,2-4H2,1H3/t5-,6-,7+/m0/s1. The number of hydrogen-bond acceptors (Lipinski definition) is 2. The highest BCUT2D eigenvalue weighted by molar-refractivity contribution is 4.85. The Morgan fingerprint density at radius 2 is 2.27 bits per heavy atom. The minimum atomic E-state index is -0.422. The molecule has 1 rings (SSSR count). The van der Waals surface area contributed by atoms with E-state index in [1.165, 1.54) is 0 Å². The fraction of sp³-hybridized carbons (Fsp3) is 1.00. The van der Waals surface area contributed by atoms with Crippen molar-refractivity contribution in [3.63, 3.8) is 0 Å². The molecule has 0 aromatic rings. The molecule has 4 nitrogen and oxygen atoms in total. The Balaban J connectivity index is 2.62. The summed E-state index contributed by atoms with van der Waals surface area (Å²) in [5.74, 6) is 0.328. The highest BCUT2D eigenvalue weighted by atomic mass is 16.3. The molecule has 0 aromatic carbocycles. The van der Waals surface area contributed by atoms with Crippen LogP contribution in [0.5, 0.6) is 0 Å². The molecule has 0 radical (unpaired) electrons. The predicted molar refractivity (Wildman–Crippen MR) is 42.0 cm³/mol. The van der Waals surface area contributed by atoms with E-state index in [2.05, 4.69) is 10.0 Å². The molecule has 0 heterocycles. The van der Waals surface area contributed by atoms with E-state index in [4.69, 9.17) is 5.53 Å². The van der Waals surface area contributed by atoms with Crippen LogP contribution >= 0.6 is 0 Å². The summed E-state index contributed by atoms with van der Waals surface area (Å²) in [7, 11) is 0. The zero-order chi connectivity index (χ0) is 8.27. The van der Waals surface area contributed by atoms with Crippen molar-refractivity contribution in [1.29, 1.82) is 0 Å². The van der Waals surface area contributed by atoms with Gasteiger partial charge >= 0.3 is 0 Å². The Morgan fingerprint density at radius 3 is 2.82 bits per heavy atom. The molecule has 1 aliphatic rings. The van der Waals surface area contributed by atoms with E-state index >= 15 is 0 Å². The minimum absolute atomic E-state index is 0.200. The van der Waals surface area contributed by atoms with Gasteiger partial charge in [0.05, 0.1) is 12.1 Å². The highest BCUT2D eigenvalue weighted by Gasteiger charge is 2.27. The maximum atomic E-state index is 9.41. The largest absolute Gasteiger partial charge is 0.393 e. The second kappa shape index (κ2) is 3.60.